The molecule has 1 rings (SSSR count). The molecule has 1 aliphatic heterocycles. The molecule has 1 atom stereocenters. The fourth-order valence-corrected chi connectivity index (χ4v) is 2.78. The van der Waals surface area contributed by atoms with Crippen molar-refractivity contribution < 1.29 is 13.2 Å². The van der Waals surface area contributed by atoms with Gasteiger partial charge in [-0.05, 0) is 25.2 Å². The monoisotopic (exact) mass is 296 g/mol. The van der Waals surface area contributed by atoms with Crippen molar-refractivity contribution >= 4 is 27.5 Å². The third kappa shape index (κ3) is 6.02. The van der Waals surface area contributed by atoms with E-state index in [-0.39, 0.29) is 11.8 Å². The topological polar surface area (TPSA) is 66.5 Å². The summed E-state index contributed by atoms with van der Waals surface area (Å²) >= 11 is 5.57. The van der Waals surface area contributed by atoms with E-state index < -0.39 is 10.0 Å². The van der Waals surface area contributed by atoms with E-state index in [1.165, 1.54) is 0 Å². The van der Waals surface area contributed by atoms with Gasteiger partial charge >= 0.3 is 0 Å². The van der Waals surface area contributed by atoms with Crippen LogP contribution in [0.5, 0.6) is 0 Å². The number of amides is 1. The second-order valence-electron chi connectivity index (χ2n) is 4.76. The second kappa shape index (κ2) is 7.31. The first-order valence-corrected chi connectivity index (χ1v) is 8.63. The molecule has 0 saturated carbocycles. The Morgan fingerprint density at radius 3 is 2.83 bits per heavy atom. The van der Waals surface area contributed by atoms with Crippen LogP contribution in [0.2, 0.25) is 0 Å². The number of halogens is 1. The van der Waals surface area contributed by atoms with Crippen LogP contribution in [0, 0.1) is 5.92 Å². The number of alkyl halides is 1. The molecule has 1 aliphatic rings. The van der Waals surface area contributed by atoms with Gasteiger partial charge in [0.2, 0.25) is 15.9 Å². The minimum Gasteiger partial charge on any atom is -0.342 e. The zero-order valence-electron chi connectivity index (χ0n) is 10.7. The number of carbonyl (C=O) groups is 1. The average Bonchev–Trinajstić information content (AvgIpc) is 2.33. The quantitative estimate of drug-likeness (QED) is 0.737. The number of rotatable bonds is 6. The zero-order chi connectivity index (χ0) is 13.6. The van der Waals surface area contributed by atoms with E-state index in [0.29, 0.717) is 31.8 Å². The average molecular weight is 297 g/mol. The molecule has 5 nitrogen and oxygen atoms in total. The lowest BCUT2D eigenvalue weighted by molar-refractivity contribution is -0.132. The van der Waals surface area contributed by atoms with Gasteiger partial charge in [-0.15, -0.1) is 11.6 Å². The maximum absolute atomic E-state index is 11.8. The first-order valence-electron chi connectivity index (χ1n) is 6.21. The van der Waals surface area contributed by atoms with Gasteiger partial charge in [0.25, 0.3) is 0 Å². The van der Waals surface area contributed by atoms with E-state index >= 15 is 0 Å². The number of likely N-dealkylation sites (tertiary alicyclic amines) is 1. The van der Waals surface area contributed by atoms with E-state index in [4.69, 9.17) is 11.6 Å². The van der Waals surface area contributed by atoms with Gasteiger partial charge in [0.05, 0.1) is 6.26 Å². The Hall–Kier alpha value is -0.330. The van der Waals surface area contributed by atoms with Crippen molar-refractivity contribution in [1.82, 2.24) is 9.62 Å². The highest BCUT2D eigenvalue weighted by molar-refractivity contribution is 7.88. The lowest BCUT2D eigenvalue weighted by Gasteiger charge is -2.32. The van der Waals surface area contributed by atoms with E-state index in [0.717, 1.165) is 25.6 Å². The molecule has 0 radical (unpaired) electrons. The fraction of sp³-hybridized carbons (Fsp3) is 0.909. The van der Waals surface area contributed by atoms with Gasteiger partial charge in [0.1, 0.15) is 0 Å². The van der Waals surface area contributed by atoms with Gasteiger partial charge in [0.15, 0.2) is 0 Å². The number of hydrogen-bond donors (Lipinski definition) is 1. The summed E-state index contributed by atoms with van der Waals surface area (Å²) in [5.41, 5.74) is 0. The summed E-state index contributed by atoms with van der Waals surface area (Å²) in [6, 6.07) is 0. The van der Waals surface area contributed by atoms with Gasteiger partial charge in [0, 0.05) is 31.9 Å². The zero-order valence-corrected chi connectivity index (χ0v) is 12.3. The van der Waals surface area contributed by atoms with Crippen LogP contribution >= 0.6 is 11.6 Å². The highest BCUT2D eigenvalue weighted by Crippen LogP contribution is 2.17. The smallest absolute Gasteiger partial charge is 0.222 e. The Labute approximate surface area is 114 Å². The van der Waals surface area contributed by atoms with Gasteiger partial charge in [-0.1, -0.05) is 0 Å². The van der Waals surface area contributed by atoms with Crippen molar-refractivity contribution in [2.75, 3.05) is 31.8 Å². The van der Waals surface area contributed by atoms with Crippen LogP contribution in [0.3, 0.4) is 0 Å². The Morgan fingerprint density at radius 1 is 1.50 bits per heavy atom. The van der Waals surface area contributed by atoms with Crippen LogP contribution in [-0.4, -0.2) is 51.0 Å². The Bertz CT molecular complexity index is 372. The Kier molecular flexibility index (Phi) is 6.38. The molecule has 0 aliphatic carbocycles. The maximum Gasteiger partial charge on any atom is 0.222 e. The molecule has 18 heavy (non-hydrogen) atoms. The van der Waals surface area contributed by atoms with Crippen molar-refractivity contribution in [3.8, 4) is 0 Å². The van der Waals surface area contributed by atoms with Gasteiger partial charge in [-0.2, -0.15) is 0 Å². The molecule has 0 bridgehead atoms. The van der Waals surface area contributed by atoms with Crippen molar-refractivity contribution in [3.05, 3.63) is 0 Å². The molecule has 0 spiro atoms. The van der Waals surface area contributed by atoms with Crippen molar-refractivity contribution in [2.45, 2.75) is 25.7 Å². The Balaban J connectivity index is 2.38. The predicted octanol–water partition coefficient (Wildman–Crippen LogP) is 0.793. The molecular weight excluding hydrogens is 276 g/mol. The molecule has 1 saturated heterocycles. The minimum absolute atomic E-state index is 0.125. The summed E-state index contributed by atoms with van der Waals surface area (Å²) in [4.78, 5) is 13.7. The summed E-state index contributed by atoms with van der Waals surface area (Å²) in [7, 11) is -3.15. The molecule has 1 unspecified atom stereocenters. The normalized spacial score (nSPS) is 21.0. The second-order valence-corrected chi connectivity index (χ2v) is 6.97. The third-order valence-electron chi connectivity index (χ3n) is 3.03. The number of nitrogens with zero attached hydrogens (tertiary/aromatic N) is 1. The molecule has 1 fully saturated rings. The number of piperidine rings is 1. The van der Waals surface area contributed by atoms with Crippen LogP contribution in [-0.2, 0) is 14.8 Å². The van der Waals surface area contributed by atoms with Gasteiger partial charge in [-0.25, -0.2) is 13.1 Å². The van der Waals surface area contributed by atoms with E-state index in [1.54, 1.807) is 0 Å². The van der Waals surface area contributed by atoms with E-state index in [2.05, 4.69) is 4.72 Å². The van der Waals surface area contributed by atoms with Crippen LogP contribution in [0.25, 0.3) is 0 Å². The number of hydrogen-bond acceptors (Lipinski definition) is 3. The molecule has 0 aromatic carbocycles. The summed E-state index contributed by atoms with van der Waals surface area (Å²) < 4.78 is 24.6. The summed E-state index contributed by atoms with van der Waals surface area (Å²) in [6.45, 7) is 1.83. The summed E-state index contributed by atoms with van der Waals surface area (Å²) in [5, 5.41) is 0. The largest absolute Gasteiger partial charge is 0.342 e. The molecule has 1 heterocycles. The summed E-state index contributed by atoms with van der Waals surface area (Å²) in [5.74, 6) is 0.840. The van der Waals surface area contributed by atoms with Crippen molar-refractivity contribution in [3.63, 3.8) is 0 Å². The molecule has 0 aromatic heterocycles. The Morgan fingerprint density at radius 2 is 2.22 bits per heavy atom. The fourth-order valence-electron chi connectivity index (χ4n) is 2.10. The standard InChI is InChI=1S/C11H21ClN2O3S/c1-18(16,17)13-8-10-4-3-7-14(9-10)11(15)5-2-6-12/h10,13H,2-9H2,1H3. The first kappa shape index (κ1) is 15.7. The molecule has 106 valence electrons. The van der Waals surface area contributed by atoms with Gasteiger partial charge < -0.3 is 4.90 Å². The number of carbonyl (C=O) groups excluding carboxylic acids is 1. The molecule has 0 aromatic rings. The SMILES string of the molecule is CS(=O)(=O)NCC1CCCN(C(=O)CCCCl)C1. The van der Waals surface area contributed by atoms with Crippen molar-refractivity contribution in [2.24, 2.45) is 5.92 Å². The lowest BCUT2D eigenvalue weighted by Crippen LogP contribution is -2.43. The molecule has 7 heteroatoms. The minimum atomic E-state index is -3.15. The highest BCUT2D eigenvalue weighted by atomic mass is 35.5. The third-order valence-corrected chi connectivity index (χ3v) is 3.99. The number of sulfonamides is 1. The van der Waals surface area contributed by atoms with Crippen LogP contribution < -0.4 is 4.72 Å². The summed E-state index contributed by atoms with van der Waals surface area (Å²) in [6.07, 6.45) is 4.22. The first-order chi connectivity index (χ1) is 8.42. The highest BCUT2D eigenvalue weighted by Gasteiger charge is 2.23. The molecule has 1 N–H and O–H groups in total. The van der Waals surface area contributed by atoms with Crippen LogP contribution in [0.15, 0.2) is 0 Å². The number of nitrogens with one attached hydrogen (secondary N) is 1. The van der Waals surface area contributed by atoms with Gasteiger partial charge in [-0.3, -0.25) is 4.79 Å². The van der Waals surface area contributed by atoms with E-state index in [9.17, 15) is 13.2 Å². The molecular formula is C11H21ClN2O3S. The lowest BCUT2D eigenvalue weighted by atomic mass is 9.98. The van der Waals surface area contributed by atoms with Crippen LogP contribution in [0.4, 0.5) is 0 Å². The predicted molar refractivity (Wildman–Crippen MR) is 72.1 cm³/mol. The van der Waals surface area contributed by atoms with Crippen molar-refractivity contribution in [1.29, 1.82) is 0 Å². The van der Waals surface area contributed by atoms with Crippen LogP contribution in [0.1, 0.15) is 25.7 Å². The maximum atomic E-state index is 11.8. The molecule has 1 amide bonds. The van der Waals surface area contributed by atoms with E-state index in [1.807, 2.05) is 4.90 Å².